The normalized spacial score (nSPS) is 15.0. The predicted octanol–water partition coefficient (Wildman–Crippen LogP) is 5.53. The van der Waals surface area contributed by atoms with Crippen LogP contribution in [0, 0.1) is 6.92 Å². The summed E-state index contributed by atoms with van der Waals surface area (Å²) in [4.78, 5) is 29.1. The highest BCUT2D eigenvalue weighted by atomic mass is 16.5. The van der Waals surface area contributed by atoms with E-state index < -0.39 is 0 Å². The van der Waals surface area contributed by atoms with E-state index in [9.17, 15) is 9.59 Å². The van der Waals surface area contributed by atoms with Crippen molar-refractivity contribution in [2.45, 2.75) is 53.2 Å². The number of carbonyl (C=O) groups is 2. The van der Waals surface area contributed by atoms with Gasteiger partial charge in [-0.3, -0.25) is 9.59 Å². The van der Waals surface area contributed by atoms with Crippen molar-refractivity contribution in [2.75, 3.05) is 19.6 Å². The summed E-state index contributed by atoms with van der Waals surface area (Å²) >= 11 is 0. The lowest BCUT2D eigenvalue weighted by Crippen LogP contribution is -2.40. The van der Waals surface area contributed by atoms with Crippen LogP contribution in [-0.4, -0.2) is 41.2 Å². The largest absolute Gasteiger partial charge is 0.486 e. The first-order valence-corrected chi connectivity index (χ1v) is 12.4. The predicted molar refractivity (Wildman–Crippen MR) is 135 cm³/mol. The number of ether oxygens (including phenoxy) is 1. The minimum absolute atomic E-state index is 0.114. The molecule has 0 aliphatic carbocycles. The van der Waals surface area contributed by atoms with Crippen molar-refractivity contribution >= 4 is 11.8 Å². The maximum atomic E-state index is 12.8. The summed E-state index contributed by atoms with van der Waals surface area (Å²) in [6.07, 6.45) is 1.29. The number of amides is 2. The molecule has 6 nitrogen and oxygen atoms in total. The molecule has 1 unspecified atom stereocenters. The molecule has 35 heavy (non-hydrogen) atoms. The minimum atomic E-state index is -0.142. The second-order valence-electron chi connectivity index (χ2n) is 8.90. The summed E-state index contributed by atoms with van der Waals surface area (Å²) in [6, 6.07) is 17.8. The monoisotopic (exact) mass is 474 g/mol. The molecule has 0 bridgehead atoms. The molecule has 0 radical (unpaired) electrons. The molecule has 2 heterocycles. The van der Waals surface area contributed by atoms with Crippen molar-refractivity contribution in [2.24, 2.45) is 0 Å². The van der Waals surface area contributed by atoms with Crippen LogP contribution in [0.3, 0.4) is 0 Å². The zero-order valence-corrected chi connectivity index (χ0v) is 21.0. The molecular formula is C29H34N2O4. The maximum absolute atomic E-state index is 12.8. The Morgan fingerprint density at radius 2 is 1.86 bits per heavy atom. The number of hydrogen-bond donors (Lipinski definition) is 0. The fourth-order valence-electron chi connectivity index (χ4n) is 4.75. The van der Waals surface area contributed by atoms with E-state index in [-0.39, 0.29) is 24.5 Å². The summed E-state index contributed by atoms with van der Waals surface area (Å²) in [7, 11) is 0. The number of benzene rings is 2. The van der Waals surface area contributed by atoms with E-state index in [0.717, 1.165) is 17.5 Å². The molecule has 0 saturated carbocycles. The molecular weight excluding hydrogens is 440 g/mol. The van der Waals surface area contributed by atoms with Crippen molar-refractivity contribution in [1.29, 1.82) is 0 Å². The van der Waals surface area contributed by atoms with Crippen molar-refractivity contribution in [3.8, 4) is 5.75 Å². The molecule has 2 amide bonds. The van der Waals surface area contributed by atoms with Crippen LogP contribution in [0.25, 0.3) is 0 Å². The van der Waals surface area contributed by atoms with Gasteiger partial charge in [-0.25, -0.2) is 0 Å². The highest BCUT2D eigenvalue weighted by Gasteiger charge is 2.31. The highest BCUT2D eigenvalue weighted by Crippen LogP contribution is 2.38. The van der Waals surface area contributed by atoms with E-state index in [4.69, 9.17) is 9.15 Å². The Kier molecular flexibility index (Phi) is 7.59. The molecule has 184 valence electrons. The van der Waals surface area contributed by atoms with Crippen LogP contribution in [0.15, 0.2) is 59.0 Å². The highest BCUT2D eigenvalue weighted by molar-refractivity contribution is 5.91. The molecule has 4 rings (SSSR count). The van der Waals surface area contributed by atoms with Gasteiger partial charge < -0.3 is 19.0 Å². The topological polar surface area (TPSA) is 63.0 Å². The number of aryl methyl sites for hydroxylation is 1. The van der Waals surface area contributed by atoms with E-state index in [1.165, 1.54) is 11.1 Å². The molecule has 0 spiro atoms. The van der Waals surface area contributed by atoms with Gasteiger partial charge in [-0.2, -0.15) is 0 Å². The van der Waals surface area contributed by atoms with Crippen molar-refractivity contribution in [1.82, 2.24) is 9.80 Å². The molecule has 1 aliphatic rings. The standard InChI is InChI=1S/C29H34N2O4/c1-5-27(32)31-16-15-21-11-12-23(18-25(21)28(31)22-10-8-9-20(4)17-22)34-19-24-13-14-26(35-24)29(33)30(6-2)7-3/h8-14,17-18,28H,5-7,15-16,19H2,1-4H3. The number of hydrogen-bond acceptors (Lipinski definition) is 4. The number of nitrogens with zero attached hydrogens (tertiary/aromatic N) is 2. The van der Waals surface area contributed by atoms with Crippen LogP contribution < -0.4 is 4.74 Å². The Labute approximate surface area is 207 Å². The first-order valence-electron chi connectivity index (χ1n) is 12.4. The number of rotatable bonds is 8. The van der Waals surface area contributed by atoms with Crippen LogP contribution in [-0.2, 0) is 17.8 Å². The smallest absolute Gasteiger partial charge is 0.289 e. The molecule has 1 aliphatic heterocycles. The minimum Gasteiger partial charge on any atom is -0.486 e. The Morgan fingerprint density at radius 1 is 1.06 bits per heavy atom. The Morgan fingerprint density at radius 3 is 2.57 bits per heavy atom. The van der Waals surface area contributed by atoms with Gasteiger partial charge in [0.05, 0.1) is 6.04 Å². The first kappa shape index (κ1) is 24.6. The van der Waals surface area contributed by atoms with Gasteiger partial charge in [0.15, 0.2) is 5.76 Å². The van der Waals surface area contributed by atoms with Gasteiger partial charge in [0.1, 0.15) is 18.1 Å². The molecule has 0 N–H and O–H groups in total. The second kappa shape index (κ2) is 10.8. The van der Waals surface area contributed by atoms with Gasteiger partial charge in [0.2, 0.25) is 5.91 Å². The third kappa shape index (κ3) is 5.26. The average molecular weight is 475 g/mol. The zero-order valence-electron chi connectivity index (χ0n) is 21.0. The Balaban J connectivity index is 1.57. The lowest BCUT2D eigenvalue weighted by Gasteiger charge is -2.38. The molecule has 3 aromatic rings. The number of furan rings is 1. The lowest BCUT2D eigenvalue weighted by atomic mass is 9.87. The van der Waals surface area contributed by atoms with Crippen LogP contribution in [0.2, 0.25) is 0 Å². The molecule has 1 aromatic heterocycles. The van der Waals surface area contributed by atoms with E-state index in [0.29, 0.717) is 43.3 Å². The molecule has 0 saturated heterocycles. The quantitative estimate of drug-likeness (QED) is 0.430. The van der Waals surface area contributed by atoms with Gasteiger partial charge in [0.25, 0.3) is 5.91 Å². The van der Waals surface area contributed by atoms with E-state index >= 15 is 0 Å². The van der Waals surface area contributed by atoms with Gasteiger partial charge in [-0.05, 0) is 68.1 Å². The summed E-state index contributed by atoms with van der Waals surface area (Å²) in [5, 5.41) is 0. The van der Waals surface area contributed by atoms with Gasteiger partial charge in [0, 0.05) is 26.1 Å². The van der Waals surface area contributed by atoms with Gasteiger partial charge in [-0.15, -0.1) is 0 Å². The fourth-order valence-corrected chi connectivity index (χ4v) is 4.75. The third-order valence-corrected chi connectivity index (χ3v) is 6.63. The maximum Gasteiger partial charge on any atom is 0.289 e. The molecule has 2 aromatic carbocycles. The van der Waals surface area contributed by atoms with Crippen LogP contribution in [0.5, 0.6) is 5.75 Å². The Bertz CT molecular complexity index is 1190. The summed E-state index contributed by atoms with van der Waals surface area (Å²) in [6.45, 7) is 10.1. The van der Waals surface area contributed by atoms with E-state index in [1.807, 2.05) is 43.9 Å². The SMILES string of the molecule is CCC(=O)N1CCc2ccc(OCc3ccc(C(=O)N(CC)CC)o3)cc2C1c1cccc(C)c1. The van der Waals surface area contributed by atoms with Crippen LogP contribution >= 0.6 is 0 Å². The van der Waals surface area contributed by atoms with Crippen LogP contribution in [0.4, 0.5) is 0 Å². The number of fused-ring (bicyclic) bond motifs is 1. The van der Waals surface area contributed by atoms with Crippen molar-refractivity contribution in [3.05, 3.63) is 88.4 Å². The molecule has 6 heteroatoms. The summed E-state index contributed by atoms with van der Waals surface area (Å²) < 4.78 is 11.8. The average Bonchev–Trinajstić information content (AvgIpc) is 3.36. The lowest BCUT2D eigenvalue weighted by molar-refractivity contribution is -0.132. The van der Waals surface area contributed by atoms with Crippen LogP contribution in [0.1, 0.15) is 71.8 Å². The van der Waals surface area contributed by atoms with E-state index in [2.05, 4.69) is 31.2 Å². The fraction of sp³-hybridized carbons (Fsp3) is 0.379. The summed E-state index contributed by atoms with van der Waals surface area (Å²) in [5.74, 6) is 1.66. The van der Waals surface area contributed by atoms with E-state index in [1.54, 1.807) is 17.0 Å². The van der Waals surface area contributed by atoms with Crippen molar-refractivity contribution in [3.63, 3.8) is 0 Å². The Hall–Kier alpha value is -3.54. The summed E-state index contributed by atoms with van der Waals surface area (Å²) in [5.41, 5.74) is 4.60. The van der Waals surface area contributed by atoms with Gasteiger partial charge >= 0.3 is 0 Å². The molecule has 1 atom stereocenters. The van der Waals surface area contributed by atoms with Crippen molar-refractivity contribution < 1.29 is 18.7 Å². The molecule has 0 fully saturated rings. The zero-order chi connectivity index (χ0) is 24.9. The first-order chi connectivity index (χ1) is 16.9. The third-order valence-electron chi connectivity index (χ3n) is 6.63. The number of carbonyl (C=O) groups excluding carboxylic acids is 2. The second-order valence-corrected chi connectivity index (χ2v) is 8.90. The van der Waals surface area contributed by atoms with Gasteiger partial charge in [-0.1, -0.05) is 42.8 Å².